The van der Waals surface area contributed by atoms with Gasteiger partial charge < -0.3 is 9.47 Å². The van der Waals surface area contributed by atoms with Crippen LogP contribution in [0.4, 0.5) is 0 Å². The van der Waals surface area contributed by atoms with E-state index in [1.807, 2.05) is 18.4 Å². The first-order valence-corrected chi connectivity index (χ1v) is 10.9. The van der Waals surface area contributed by atoms with Gasteiger partial charge in [-0.15, -0.1) is 0 Å². The SMILES string of the molecule is COc1ccc(C/C=C\O[C@@H](C)c2c(C(C)C)cc(C(C)C)cc2C(C)C)cc1. The Morgan fingerprint density at radius 1 is 0.793 bits per heavy atom. The Labute approximate surface area is 178 Å². The molecule has 0 fully saturated rings. The highest BCUT2D eigenvalue weighted by atomic mass is 16.5. The lowest BCUT2D eigenvalue weighted by atomic mass is 9.82. The number of benzene rings is 2. The second-order valence-electron chi connectivity index (χ2n) is 8.78. The zero-order chi connectivity index (χ0) is 21.6. The van der Waals surface area contributed by atoms with Gasteiger partial charge in [0.2, 0.25) is 0 Å². The molecular formula is C27H38O2. The van der Waals surface area contributed by atoms with Crippen molar-refractivity contribution in [2.24, 2.45) is 0 Å². The van der Waals surface area contributed by atoms with E-state index in [9.17, 15) is 0 Å². The van der Waals surface area contributed by atoms with Gasteiger partial charge in [-0.1, -0.05) is 65.8 Å². The largest absolute Gasteiger partial charge is 0.497 e. The van der Waals surface area contributed by atoms with Crippen LogP contribution in [0, 0.1) is 0 Å². The fourth-order valence-electron chi connectivity index (χ4n) is 3.67. The van der Waals surface area contributed by atoms with Crippen molar-refractivity contribution in [3.8, 4) is 5.75 Å². The normalized spacial score (nSPS) is 12.9. The van der Waals surface area contributed by atoms with Crippen molar-refractivity contribution < 1.29 is 9.47 Å². The van der Waals surface area contributed by atoms with E-state index in [1.165, 1.54) is 27.8 Å². The molecule has 0 aliphatic heterocycles. The lowest BCUT2D eigenvalue weighted by Crippen LogP contribution is -2.10. The van der Waals surface area contributed by atoms with Crippen LogP contribution in [0.5, 0.6) is 5.75 Å². The van der Waals surface area contributed by atoms with E-state index < -0.39 is 0 Å². The van der Waals surface area contributed by atoms with Gasteiger partial charge in [-0.3, -0.25) is 0 Å². The summed E-state index contributed by atoms with van der Waals surface area (Å²) >= 11 is 0. The summed E-state index contributed by atoms with van der Waals surface area (Å²) in [4.78, 5) is 0. The summed E-state index contributed by atoms with van der Waals surface area (Å²) in [6.45, 7) is 15.8. The molecule has 0 aliphatic carbocycles. The van der Waals surface area contributed by atoms with Crippen molar-refractivity contribution in [1.29, 1.82) is 0 Å². The molecule has 0 aromatic heterocycles. The van der Waals surface area contributed by atoms with E-state index in [2.05, 4.69) is 78.8 Å². The van der Waals surface area contributed by atoms with Crippen molar-refractivity contribution in [3.05, 3.63) is 76.6 Å². The van der Waals surface area contributed by atoms with Gasteiger partial charge in [0.05, 0.1) is 13.4 Å². The first-order valence-electron chi connectivity index (χ1n) is 10.9. The van der Waals surface area contributed by atoms with Crippen LogP contribution in [0.2, 0.25) is 0 Å². The Kier molecular flexibility index (Phi) is 8.37. The molecule has 0 heterocycles. The Balaban J connectivity index is 2.20. The Hall–Kier alpha value is -2.22. The molecule has 0 spiro atoms. The summed E-state index contributed by atoms with van der Waals surface area (Å²) in [5.41, 5.74) is 6.84. The molecule has 0 saturated carbocycles. The molecule has 2 aromatic carbocycles. The summed E-state index contributed by atoms with van der Waals surface area (Å²) in [6, 6.07) is 12.9. The zero-order valence-corrected chi connectivity index (χ0v) is 19.5. The smallest absolute Gasteiger partial charge is 0.121 e. The monoisotopic (exact) mass is 394 g/mol. The van der Waals surface area contributed by atoms with Gasteiger partial charge in [0.25, 0.3) is 0 Å². The third-order valence-corrected chi connectivity index (χ3v) is 5.48. The first-order chi connectivity index (χ1) is 13.7. The lowest BCUT2D eigenvalue weighted by Gasteiger charge is -2.26. The molecule has 0 bridgehead atoms. The third-order valence-electron chi connectivity index (χ3n) is 5.48. The molecule has 0 N–H and O–H groups in total. The van der Waals surface area contributed by atoms with Gasteiger partial charge in [-0.25, -0.2) is 0 Å². The molecule has 2 nitrogen and oxygen atoms in total. The van der Waals surface area contributed by atoms with Gasteiger partial charge >= 0.3 is 0 Å². The van der Waals surface area contributed by atoms with E-state index >= 15 is 0 Å². The minimum Gasteiger partial charge on any atom is -0.497 e. The van der Waals surface area contributed by atoms with Gasteiger partial charge in [0.15, 0.2) is 0 Å². The Bertz CT molecular complexity index is 769. The van der Waals surface area contributed by atoms with Crippen molar-refractivity contribution in [2.45, 2.75) is 78.7 Å². The van der Waals surface area contributed by atoms with Crippen LogP contribution in [-0.4, -0.2) is 7.11 Å². The summed E-state index contributed by atoms with van der Waals surface area (Å²) in [5.74, 6) is 2.35. The van der Waals surface area contributed by atoms with Crippen molar-refractivity contribution in [1.82, 2.24) is 0 Å². The standard InChI is InChI=1S/C27H38O2/c1-18(2)23-16-25(19(3)4)27(26(17-23)20(5)6)21(7)29-15-9-10-22-11-13-24(28-8)14-12-22/h9,11-21H,10H2,1-8H3/b15-9-/t21-/m0/s1. The quantitative estimate of drug-likeness (QED) is 0.402. The second-order valence-corrected chi connectivity index (χ2v) is 8.78. The molecule has 2 rings (SSSR count). The number of rotatable bonds is 9. The molecule has 158 valence electrons. The van der Waals surface area contributed by atoms with Gasteiger partial charge in [0, 0.05) is 0 Å². The summed E-state index contributed by atoms with van der Waals surface area (Å²) in [7, 11) is 1.69. The molecule has 2 aromatic rings. The maximum Gasteiger partial charge on any atom is 0.121 e. The van der Waals surface area contributed by atoms with Crippen LogP contribution in [0.15, 0.2) is 48.7 Å². The minimum atomic E-state index is 0.0260. The lowest BCUT2D eigenvalue weighted by molar-refractivity contribution is 0.161. The Morgan fingerprint density at radius 3 is 1.79 bits per heavy atom. The Morgan fingerprint density at radius 2 is 1.34 bits per heavy atom. The van der Waals surface area contributed by atoms with Gasteiger partial charge in [-0.2, -0.15) is 0 Å². The van der Waals surface area contributed by atoms with Crippen LogP contribution in [-0.2, 0) is 11.2 Å². The molecule has 0 radical (unpaired) electrons. The number of ether oxygens (including phenoxy) is 2. The number of hydrogen-bond donors (Lipinski definition) is 0. The minimum absolute atomic E-state index is 0.0260. The molecule has 0 amide bonds. The summed E-state index contributed by atoms with van der Waals surface area (Å²) in [6.07, 6.45) is 4.82. The van der Waals surface area contributed by atoms with Crippen molar-refractivity contribution >= 4 is 0 Å². The number of allylic oxidation sites excluding steroid dienone is 1. The van der Waals surface area contributed by atoms with Gasteiger partial charge in [0.1, 0.15) is 11.9 Å². The van der Waals surface area contributed by atoms with Crippen molar-refractivity contribution in [3.63, 3.8) is 0 Å². The van der Waals surface area contributed by atoms with Crippen LogP contribution in [0.3, 0.4) is 0 Å². The first kappa shape index (κ1) is 23.1. The predicted octanol–water partition coefficient (Wildman–Crippen LogP) is 7.90. The predicted molar refractivity (Wildman–Crippen MR) is 124 cm³/mol. The molecule has 0 saturated heterocycles. The molecule has 1 atom stereocenters. The second kappa shape index (κ2) is 10.5. The average molecular weight is 395 g/mol. The molecule has 2 heteroatoms. The summed E-state index contributed by atoms with van der Waals surface area (Å²) in [5, 5.41) is 0. The van der Waals surface area contributed by atoms with Crippen molar-refractivity contribution in [2.75, 3.05) is 7.11 Å². The molecule has 0 aliphatic rings. The highest BCUT2D eigenvalue weighted by Crippen LogP contribution is 2.37. The fourth-order valence-corrected chi connectivity index (χ4v) is 3.67. The van der Waals surface area contributed by atoms with Crippen LogP contribution >= 0.6 is 0 Å². The summed E-state index contributed by atoms with van der Waals surface area (Å²) < 4.78 is 11.4. The van der Waals surface area contributed by atoms with E-state index in [0.717, 1.165) is 12.2 Å². The van der Waals surface area contributed by atoms with Crippen LogP contribution in [0.1, 0.15) is 100 Å². The highest BCUT2D eigenvalue weighted by molar-refractivity contribution is 5.45. The number of methoxy groups -OCH3 is 1. The average Bonchev–Trinajstić information content (AvgIpc) is 2.70. The van der Waals surface area contributed by atoms with E-state index in [4.69, 9.17) is 9.47 Å². The van der Waals surface area contributed by atoms with E-state index in [1.54, 1.807) is 7.11 Å². The molecular weight excluding hydrogens is 356 g/mol. The highest BCUT2D eigenvalue weighted by Gasteiger charge is 2.21. The maximum absolute atomic E-state index is 6.17. The van der Waals surface area contributed by atoms with Crippen LogP contribution in [0.25, 0.3) is 0 Å². The maximum atomic E-state index is 6.17. The molecule has 29 heavy (non-hydrogen) atoms. The van der Waals surface area contributed by atoms with E-state index in [-0.39, 0.29) is 6.10 Å². The zero-order valence-electron chi connectivity index (χ0n) is 19.5. The van der Waals surface area contributed by atoms with Gasteiger partial charge in [-0.05, 0) is 77.1 Å². The third kappa shape index (κ3) is 6.13. The van der Waals surface area contributed by atoms with Crippen LogP contribution < -0.4 is 4.74 Å². The molecule has 0 unspecified atom stereocenters. The topological polar surface area (TPSA) is 18.5 Å². The van der Waals surface area contributed by atoms with E-state index in [0.29, 0.717) is 17.8 Å². The fraction of sp³-hybridized carbons (Fsp3) is 0.481. The number of hydrogen-bond acceptors (Lipinski definition) is 2.